The largest absolute Gasteiger partial charge is 0.381 e. The highest BCUT2D eigenvalue weighted by Gasteiger charge is 2.30. The third-order valence-electron chi connectivity index (χ3n) is 4.00. The maximum atomic E-state index is 6.11. The summed E-state index contributed by atoms with van der Waals surface area (Å²) in [6.07, 6.45) is 2.37. The van der Waals surface area contributed by atoms with E-state index in [1.165, 1.54) is 24.0 Å². The molecule has 104 valence electrons. The summed E-state index contributed by atoms with van der Waals surface area (Å²) in [4.78, 5) is 0. The number of nitrogens with one attached hydrogen (secondary N) is 1. The Morgan fingerprint density at radius 2 is 1.80 bits per heavy atom. The second kappa shape index (κ2) is 5.79. The zero-order chi connectivity index (χ0) is 14.1. The summed E-state index contributed by atoms with van der Waals surface area (Å²) in [5.41, 5.74) is 3.87. The van der Waals surface area contributed by atoms with Gasteiger partial charge in [0.05, 0.1) is 15.2 Å². The van der Waals surface area contributed by atoms with Gasteiger partial charge in [0, 0.05) is 6.04 Å². The average Bonchev–Trinajstić information content (AvgIpc) is 2.39. The van der Waals surface area contributed by atoms with E-state index in [4.69, 9.17) is 11.6 Å². The van der Waals surface area contributed by atoms with Crippen LogP contribution in [-0.4, -0.2) is 6.04 Å². The molecule has 1 N–H and O–H groups in total. The maximum Gasteiger partial charge on any atom is 0.0593 e. The van der Waals surface area contributed by atoms with Crippen LogP contribution in [0.1, 0.15) is 29.9 Å². The molecule has 0 heterocycles. The minimum atomic E-state index is 0.538. The van der Waals surface area contributed by atoms with Gasteiger partial charge in [-0.25, -0.2) is 0 Å². The van der Waals surface area contributed by atoms with Crippen molar-refractivity contribution in [3.05, 3.63) is 63.1 Å². The van der Waals surface area contributed by atoms with Gasteiger partial charge in [0.2, 0.25) is 0 Å². The number of rotatable bonds is 3. The molecule has 1 fully saturated rings. The van der Waals surface area contributed by atoms with Gasteiger partial charge < -0.3 is 5.32 Å². The topological polar surface area (TPSA) is 12.0 Å². The van der Waals surface area contributed by atoms with Crippen molar-refractivity contribution >= 4 is 33.2 Å². The molecule has 0 aliphatic heterocycles. The number of halogens is 2. The van der Waals surface area contributed by atoms with Gasteiger partial charge in [-0.3, -0.25) is 0 Å². The molecule has 0 atom stereocenters. The van der Waals surface area contributed by atoms with Crippen molar-refractivity contribution in [2.24, 2.45) is 0 Å². The average molecular weight is 351 g/mol. The van der Waals surface area contributed by atoms with E-state index in [-0.39, 0.29) is 0 Å². The number of aryl methyl sites for hydroxylation is 1. The summed E-state index contributed by atoms with van der Waals surface area (Å²) >= 11 is 9.65. The summed E-state index contributed by atoms with van der Waals surface area (Å²) in [6.45, 7) is 2.13. The Hall–Kier alpha value is -0.990. The fraction of sp³-hybridized carbons (Fsp3) is 0.294. The third-order valence-corrected chi connectivity index (χ3v) is 5.40. The molecule has 1 nitrogen and oxygen atoms in total. The van der Waals surface area contributed by atoms with Crippen molar-refractivity contribution < 1.29 is 0 Å². The summed E-state index contributed by atoms with van der Waals surface area (Å²) in [6, 6.07) is 15.4. The molecule has 20 heavy (non-hydrogen) atoms. The summed E-state index contributed by atoms with van der Waals surface area (Å²) in [5.74, 6) is 0.686. The number of hydrogen-bond donors (Lipinski definition) is 1. The molecule has 2 aromatic carbocycles. The van der Waals surface area contributed by atoms with E-state index in [0.29, 0.717) is 12.0 Å². The van der Waals surface area contributed by atoms with Gasteiger partial charge in [-0.05, 0) is 59.3 Å². The normalized spacial score (nSPS) is 21.4. The van der Waals surface area contributed by atoms with E-state index in [1.54, 1.807) is 0 Å². The Kier molecular flexibility index (Phi) is 4.04. The lowest BCUT2D eigenvalue weighted by Gasteiger charge is -2.37. The predicted molar refractivity (Wildman–Crippen MR) is 89.7 cm³/mol. The molecule has 3 heteroatoms. The Morgan fingerprint density at radius 3 is 2.50 bits per heavy atom. The molecule has 1 aliphatic rings. The summed E-state index contributed by atoms with van der Waals surface area (Å²) < 4.78 is 0.959. The van der Waals surface area contributed by atoms with Crippen LogP contribution in [0.15, 0.2) is 46.9 Å². The van der Waals surface area contributed by atoms with E-state index < -0.39 is 0 Å². The molecule has 0 spiro atoms. The van der Waals surface area contributed by atoms with Gasteiger partial charge in [0.15, 0.2) is 0 Å². The maximum absolute atomic E-state index is 6.11. The molecule has 1 saturated carbocycles. The zero-order valence-corrected chi connectivity index (χ0v) is 13.7. The summed E-state index contributed by atoms with van der Waals surface area (Å²) in [5, 5.41) is 4.32. The number of anilines is 1. The van der Waals surface area contributed by atoms with Gasteiger partial charge >= 0.3 is 0 Å². The van der Waals surface area contributed by atoms with Crippen LogP contribution in [0.2, 0.25) is 5.02 Å². The van der Waals surface area contributed by atoms with Crippen molar-refractivity contribution in [1.82, 2.24) is 0 Å². The second-order valence-corrected chi connectivity index (χ2v) is 6.72. The molecule has 0 aromatic heterocycles. The highest BCUT2D eigenvalue weighted by molar-refractivity contribution is 9.10. The van der Waals surface area contributed by atoms with Crippen LogP contribution < -0.4 is 5.32 Å². The molecule has 0 bridgehead atoms. The Labute approximate surface area is 133 Å². The van der Waals surface area contributed by atoms with Crippen LogP contribution in [0.5, 0.6) is 0 Å². The van der Waals surface area contributed by atoms with Crippen molar-refractivity contribution in [3.63, 3.8) is 0 Å². The van der Waals surface area contributed by atoms with Crippen molar-refractivity contribution in [2.75, 3.05) is 5.32 Å². The van der Waals surface area contributed by atoms with Crippen LogP contribution in [0.3, 0.4) is 0 Å². The molecule has 3 rings (SSSR count). The Balaban J connectivity index is 1.61. The van der Waals surface area contributed by atoms with E-state index in [2.05, 4.69) is 58.5 Å². The van der Waals surface area contributed by atoms with Crippen LogP contribution in [-0.2, 0) is 0 Å². The SMILES string of the molecule is Cc1ccc(C2CC(Nc3cccc(Cl)c3Br)C2)cc1. The fourth-order valence-corrected chi connectivity index (χ4v) is 3.24. The lowest BCUT2D eigenvalue weighted by Crippen LogP contribution is -2.34. The van der Waals surface area contributed by atoms with Gasteiger partial charge in [-0.1, -0.05) is 47.5 Å². The fourth-order valence-electron chi connectivity index (χ4n) is 2.68. The molecule has 0 unspecified atom stereocenters. The van der Waals surface area contributed by atoms with E-state index >= 15 is 0 Å². The van der Waals surface area contributed by atoms with Crippen LogP contribution in [0.4, 0.5) is 5.69 Å². The molecule has 0 radical (unpaired) electrons. The first kappa shape index (κ1) is 14.0. The zero-order valence-electron chi connectivity index (χ0n) is 11.4. The van der Waals surface area contributed by atoms with Gasteiger partial charge in [-0.15, -0.1) is 0 Å². The predicted octanol–water partition coefficient (Wildman–Crippen LogP) is 5.77. The highest BCUT2D eigenvalue weighted by atomic mass is 79.9. The minimum Gasteiger partial charge on any atom is -0.381 e. The smallest absolute Gasteiger partial charge is 0.0593 e. The van der Waals surface area contributed by atoms with Crippen molar-refractivity contribution in [3.8, 4) is 0 Å². The highest BCUT2D eigenvalue weighted by Crippen LogP contribution is 2.40. The first-order valence-corrected chi connectivity index (χ1v) is 8.07. The number of benzene rings is 2. The molecule has 1 aliphatic carbocycles. The molecule has 2 aromatic rings. The molecule has 0 amide bonds. The van der Waals surface area contributed by atoms with Gasteiger partial charge in [0.25, 0.3) is 0 Å². The van der Waals surface area contributed by atoms with Crippen LogP contribution in [0.25, 0.3) is 0 Å². The van der Waals surface area contributed by atoms with E-state index in [1.807, 2.05) is 12.1 Å². The first-order chi connectivity index (χ1) is 9.63. The van der Waals surface area contributed by atoms with Gasteiger partial charge in [0.1, 0.15) is 0 Å². The Bertz CT molecular complexity index is 603. The minimum absolute atomic E-state index is 0.538. The lowest BCUT2D eigenvalue weighted by molar-refractivity contribution is 0.374. The third kappa shape index (κ3) is 2.87. The van der Waals surface area contributed by atoms with Gasteiger partial charge in [-0.2, -0.15) is 0 Å². The monoisotopic (exact) mass is 349 g/mol. The van der Waals surface area contributed by atoms with Crippen LogP contribution >= 0.6 is 27.5 Å². The molecular formula is C17H17BrClN. The van der Waals surface area contributed by atoms with E-state index in [9.17, 15) is 0 Å². The first-order valence-electron chi connectivity index (χ1n) is 6.90. The molecule has 0 saturated heterocycles. The molecular weight excluding hydrogens is 334 g/mol. The Morgan fingerprint density at radius 1 is 1.10 bits per heavy atom. The summed E-state index contributed by atoms with van der Waals surface area (Å²) in [7, 11) is 0. The lowest BCUT2D eigenvalue weighted by atomic mass is 9.75. The quantitative estimate of drug-likeness (QED) is 0.741. The number of hydrogen-bond acceptors (Lipinski definition) is 1. The van der Waals surface area contributed by atoms with Crippen LogP contribution in [0, 0.1) is 6.92 Å². The van der Waals surface area contributed by atoms with E-state index in [0.717, 1.165) is 15.2 Å². The standard InChI is InChI=1S/C17H17BrClN/c1-11-5-7-12(8-6-11)13-9-14(10-13)20-16-4-2-3-15(19)17(16)18/h2-8,13-14,20H,9-10H2,1H3. The van der Waals surface area contributed by atoms with Crippen molar-refractivity contribution in [2.45, 2.75) is 31.7 Å². The van der Waals surface area contributed by atoms with Crippen molar-refractivity contribution in [1.29, 1.82) is 0 Å². The second-order valence-electron chi connectivity index (χ2n) is 5.52.